The average molecular weight is 228 g/mol. The van der Waals surface area contributed by atoms with Gasteiger partial charge in [0.15, 0.2) is 5.15 Å². The fraction of sp³-hybridized carbons (Fsp3) is 0.600. The molecule has 0 spiro atoms. The summed E-state index contributed by atoms with van der Waals surface area (Å²) in [7, 11) is 0. The van der Waals surface area contributed by atoms with Crippen molar-refractivity contribution in [1.82, 2.24) is 15.1 Å². The third kappa shape index (κ3) is 2.87. The molecule has 1 N–H and O–H groups in total. The molecule has 1 aromatic rings. The quantitative estimate of drug-likeness (QED) is 0.835. The molecule has 2 rings (SSSR count). The normalized spacial score (nSPS) is 22.1. The largest absolute Gasteiger partial charge is 0.396 e. The number of halogens is 1. The molecule has 5 heteroatoms. The van der Waals surface area contributed by atoms with Gasteiger partial charge in [0.25, 0.3) is 0 Å². The highest BCUT2D eigenvalue weighted by Crippen LogP contribution is 2.17. The van der Waals surface area contributed by atoms with Gasteiger partial charge in [-0.1, -0.05) is 11.6 Å². The molecule has 1 atom stereocenters. The number of aliphatic hydroxyl groups is 1. The third-order valence-electron chi connectivity index (χ3n) is 2.70. The Morgan fingerprint density at radius 2 is 2.33 bits per heavy atom. The molecule has 0 aliphatic carbocycles. The van der Waals surface area contributed by atoms with E-state index in [1.165, 1.54) is 0 Å². The van der Waals surface area contributed by atoms with Gasteiger partial charge in [-0.3, -0.25) is 4.90 Å². The van der Waals surface area contributed by atoms with Gasteiger partial charge in [0.1, 0.15) is 0 Å². The summed E-state index contributed by atoms with van der Waals surface area (Å²) >= 11 is 5.65. The molecule has 1 unspecified atom stereocenters. The lowest BCUT2D eigenvalue weighted by Crippen LogP contribution is -2.21. The highest BCUT2D eigenvalue weighted by atomic mass is 35.5. The maximum absolute atomic E-state index is 9.01. The molecular formula is C10H14ClN3O. The van der Waals surface area contributed by atoms with E-state index < -0.39 is 0 Å². The number of hydrogen-bond acceptors (Lipinski definition) is 4. The molecule has 1 aliphatic heterocycles. The van der Waals surface area contributed by atoms with E-state index in [4.69, 9.17) is 16.7 Å². The van der Waals surface area contributed by atoms with Gasteiger partial charge in [-0.05, 0) is 31.0 Å². The van der Waals surface area contributed by atoms with Gasteiger partial charge in [-0.15, -0.1) is 5.10 Å². The van der Waals surface area contributed by atoms with Gasteiger partial charge in [0.05, 0.1) is 5.69 Å². The van der Waals surface area contributed by atoms with Crippen molar-refractivity contribution >= 4 is 11.6 Å². The van der Waals surface area contributed by atoms with Gasteiger partial charge in [0, 0.05) is 19.7 Å². The van der Waals surface area contributed by atoms with Crippen LogP contribution < -0.4 is 0 Å². The van der Waals surface area contributed by atoms with Crippen LogP contribution in [0.4, 0.5) is 0 Å². The zero-order chi connectivity index (χ0) is 10.7. The van der Waals surface area contributed by atoms with Crippen LogP contribution in [-0.4, -0.2) is 39.9 Å². The highest BCUT2D eigenvalue weighted by molar-refractivity contribution is 6.29. The molecule has 0 bridgehead atoms. The summed E-state index contributed by atoms with van der Waals surface area (Å²) in [5.41, 5.74) is 0.929. The predicted molar refractivity (Wildman–Crippen MR) is 57.5 cm³/mol. The standard InChI is InChI=1S/C10H14ClN3O/c11-10-2-1-9(12-13-10)6-14-4-3-8(5-14)7-15/h1-2,8,15H,3-7H2. The van der Waals surface area contributed by atoms with Crippen LogP contribution in [0.15, 0.2) is 12.1 Å². The predicted octanol–water partition coefficient (Wildman–Crippen LogP) is 0.944. The fourth-order valence-electron chi connectivity index (χ4n) is 1.86. The van der Waals surface area contributed by atoms with E-state index in [0.29, 0.717) is 11.1 Å². The molecule has 0 radical (unpaired) electrons. The molecule has 1 aromatic heterocycles. The smallest absolute Gasteiger partial charge is 0.151 e. The van der Waals surface area contributed by atoms with Crippen molar-refractivity contribution < 1.29 is 5.11 Å². The molecule has 0 aromatic carbocycles. The Hall–Kier alpha value is -0.710. The Kier molecular flexibility index (Phi) is 3.51. The first kappa shape index (κ1) is 10.8. The maximum atomic E-state index is 9.01. The van der Waals surface area contributed by atoms with Crippen molar-refractivity contribution in [2.45, 2.75) is 13.0 Å². The summed E-state index contributed by atoms with van der Waals surface area (Å²) in [6, 6.07) is 3.64. The summed E-state index contributed by atoms with van der Waals surface area (Å²) in [6.45, 7) is 3.04. The molecule has 1 saturated heterocycles. The van der Waals surface area contributed by atoms with Crippen molar-refractivity contribution in [3.63, 3.8) is 0 Å². The first-order valence-electron chi connectivity index (χ1n) is 5.09. The van der Waals surface area contributed by atoms with E-state index >= 15 is 0 Å². The van der Waals surface area contributed by atoms with E-state index in [0.717, 1.165) is 31.7 Å². The maximum Gasteiger partial charge on any atom is 0.151 e. The third-order valence-corrected chi connectivity index (χ3v) is 2.90. The van der Waals surface area contributed by atoms with Crippen LogP contribution in [0.25, 0.3) is 0 Å². The minimum atomic E-state index is 0.281. The second kappa shape index (κ2) is 4.88. The van der Waals surface area contributed by atoms with Crippen LogP contribution in [0.5, 0.6) is 0 Å². The van der Waals surface area contributed by atoms with Crippen LogP contribution in [0, 0.1) is 5.92 Å². The second-order valence-corrected chi connectivity index (χ2v) is 4.31. The van der Waals surface area contributed by atoms with E-state index in [9.17, 15) is 0 Å². The highest BCUT2D eigenvalue weighted by Gasteiger charge is 2.21. The number of rotatable bonds is 3. The monoisotopic (exact) mass is 227 g/mol. The van der Waals surface area contributed by atoms with Crippen molar-refractivity contribution in [1.29, 1.82) is 0 Å². The van der Waals surface area contributed by atoms with Crippen LogP contribution in [0.2, 0.25) is 5.15 Å². The Morgan fingerprint density at radius 1 is 1.47 bits per heavy atom. The first-order valence-corrected chi connectivity index (χ1v) is 5.47. The van der Waals surface area contributed by atoms with Crippen molar-refractivity contribution in [2.75, 3.05) is 19.7 Å². The topological polar surface area (TPSA) is 49.2 Å². The molecule has 15 heavy (non-hydrogen) atoms. The molecule has 4 nitrogen and oxygen atoms in total. The number of aromatic nitrogens is 2. The number of likely N-dealkylation sites (tertiary alicyclic amines) is 1. The SMILES string of the molecule is OCC1CCN(Cc2ccc(Cl)nn2)C1. The Labute approximate surface area is 93.9 Å². The average Bonchev–Trinajstić information content (AvgIpc) is 2.69. The zero-order valence-corrected chi connectivity index (χ0v) is 9.19. The number of aliphatic hydroxyl groups excluding tert-OH is 1. The van der Waals surface area contributed by atoms with Crippen LogP contribution in [-0.2, 0) is 6.54 Å². The zero-order valence-electron chi connectivity index (χ0n) is 8.43. The van der Waals surface area contributed by atoms with E-state index in [2.05, 4.69) is 15.1 Å². The lowest BCUT2D eigenvalue weighted by molar-refractivity contribution is 0.219. The minimum absolute atomic E-state index is 0.281. The van der Waals surface area contributed by atoms with Crippen molar-refractivity contribution in [3.8, 4) is 0 Å². The van der Waals surface area contributed by atoms with Gasteiger partial charge in [-0.2, -0.15) is 5.10 Å². The second-order valence-electron chi connectivity index (χ2n) is 3.92. The first-order chi connectivity index (χ1) is 7.28. The van der Waals surface area contributed by atoms with Gasteiger partial charge >= 0.3 is 0 Å². The van der Waals surface area contributed by atoms with Crippen LogP contribution in [0.3, 0.4) is 0 Å². The molecule has 1 fully saturated rings. The minimum Gasteiger partial charge on any atom is -0.396 e. The molecule has 1 aliphatic rings. The van der Waals surface area contributed by atoms with E-state index in [-0.39, 0.29) is 6.61 Å². The molecule has 2 heterocycles. The number of nitrogens with zero attached hydrogens (tertiary/aromatic N) is 3. The van der Waals surface area contributed by atoms with Gasteiger partial charge < -0.3 is 5.11 Å². The molecule has 82 valence electrons. The molecular weight excluding hydrogens is 214 g/mol. The number of hydrogen-bond donors (Lipinski definition) is 1. The van der Waals surface area contributed by atoms with Gasteiger partial charge in [0.2, 0.25) is 0 Å². The van der Waals surface area contributed by atoms with E-state index in [1.54, 1.807) is 6.07 Å². The Bertz CT molecular complexity index is 317. The molecule has 0 saturated carbocycles. The summed E-state index contributed by atoms with van der Waals surface area (Å²) in [5.74, 6) is 0.422. The Balaban J connectivity index is 1.90. The summed E-state index contributed by atoms with van der Waals surface area (Å²) < 4.78 is 0. The lowest BCUT2D eigenvalue weighted by Gasteiger charge is -2.14. The lowest BCUT2D eigenvalue weighted by atomic mass is 10.1. The van der Waals surface area contributed by atoms with E-state index in [1.807, 2.05) is 6.07 Å². The summed E-state index contributed by atoms with van der Waals surface area (Å²) in [4.78, 5) is 2.28. The molecule has 0 amide bonds. The van der Waals surface area contributed by atoms with Crippen LogP contribution in [0.1, 0.15) is 12.1 Å². The van der Waals surface area contributed by atoms with Gasteiger partial charge in [-0.25, -0.2) is 0 Å². The Morgan fingerprint density at radius 3 is 2.93 bits per heavy atom. The van der Waals surface area contributed by atoms with Crippen molar-refractivity contribution in [3.05, 3.63) is 23.0 Å². The summed E-state index contributed by atoms with van der Waals surface area (Å²) in [5, 5.41) is 17.2. The summed E-state index contributed by atoms with van der Waals surface area (Å²) in [6.07, 6.45) is 1.07. The van der Waals surface area contributed by atoms with Crippen LogP contribution >= 0.6 is 11.6 Å². The fourth-order valence-corrected chi connectivity index (χ4v) is 1.96. The van der Waals surface area contributed by atoms with Crippen molar-refractivity contribution in [2.24, 2.45) is 5.92 Å².